The van der Waals surface area contributed by atoms with Crippen LogP contribution in [0.2, 0.25) is 0 Å². The SMILES string of the molecule is [C-]#[N+]CC1(N(CC(=O)c2cccc(OC(F)F)c2)C(=O)OC(C)(C)C)CC1. The molecule has 0 saturated heterocycles. The van der Waals surface area contributed by atoms with E-state index in [1.807, 2.05) is 0 Å². The molecule has 0 unspecified atom stereocenters. The Morgan fingerprint density at radius 3 is 2.52 bits per heavy atom. The Labute approximate surface area is 156 Å². The maximum atomic E-state index is 12.7. The van der Waals surface area contributed by atoms with Gasteiger partial charge in [-0.3, -0.25) is 9.69 Å². The van der Waals surface area contributed by atoms with Crippen LogP contribution < -0.4 is 4.74 Å². The van der Waals surface area contributed by atoms with Crippen molar-refractivity contribution < 1.29 is 27.8 Å². The summed E-state index contributed by atoms with van der Waals surface area (Å²) in [6, 6.07) is 5.41. The lowest BCUT2D eigenvalue weighted by atomic mass is 10.1. The fraction of sp³-hybridized carbons (Fsp3) is 0.526. The van der Waals surface area contributed by atoms with Crippen LogP contribution in [0.3, 0.4) is 0 Å². The van der Waals surface area contributed by atoms with E-state index in [4.69, 9.17) is 11.3 Å². The highest BCUT2D eigenvalue weighted by molar-refractivity contribution is 5.99. The lowest BCUT2D eigenvalue weighted by molar-refractivity contribution is -0.0498. The van der Waals surface area contributed by atoms with Crippen LogP contribution in [-0.2, 0) is 4.74 Å². The van der Waals surface area contributed by atoms with Gasteiger partial charge in [-0.1, -0.05) is 12.1 Å². The third-order valence-corrected chi connectivity index (χ3v) is 4.07. The van der Waals surface area contributed by atoms with Gasteiger partial charge in [0.05, 0.1) is 6.54 Å². The smallest absolute Gasteiger partial charge is 0.411 e. The molecule has 27 heavy (non-hydrogen) atoms. The van der Waals surface area contributed by atoms with Crippen LogP contribution in [0.4, 0.5) is 13.6 Å². The number of hydrogen-bond acceptors (Lipinski definition) is 4. The van der Waals surface area contributed by atoms with Gasteiger partial charge in [0.2, 0.25) is 6.54 Å². The summed E-state index contributed by atoms with van der Waals surface area (Å²) in [5.41, 5.74) is -1.32. The number of benzene rings is 1. The quantitative estimate of drug-likeness (QED) is 0.526. The zero-order chi connectivity index (χ0) is 20.2. The summed E-state index contributed by atoms with van der Waals surface area (Å²) in [5.74, 6) is -0.584. The van der Waals surface area contributed by atoms with Crippen LogP contribution in [0.5, 0.6) is 5.75 Å². The van der Waals surface area contributed by atoms with Gasteiger partial charge >= 0.3 is 12.7 Å². The molecule has 0 spiro atoms. The molecule has 0 aromatic heterocycles. The van der Waals surface area contributed by atoms with Crippen molar-refractivity contribution in [3.05, 3.63) is 41.2 Å². The molecule has 1 aliphatic rings. The zero-order valence-corrected chi connectivity index (χ0v) is 15.5. The summed E-state index contributed by atoms with van der Waals surface area (Å²) in [6.45, 7) is 9.04. The Balaban J connectivity index is 2.21. The number of halogens is 2. The number of carbonyl (C=O) groups is 2. The van der Waals surface area contributed by atoms with Crippen LogP contribution in [0.1, 0.15) is 44.0 Å². The minimum Gasteiger partial charge on any atom is -0.444 e. The first kappa shape index (κ1) is 20.6. The number of amides is 1. The molecule has 0 heterocycles. The highest BCUT2D eigenvalue weighted by atomic mass is 19.3. The van der Waals surface area contributed by atoms with Gasteiger partial charge in [-0.15, -0.1) is 0 Å². The molecule has 0 atom stereocenters. The maximum Gasteiger partial charge on any atom is 0.411 e. The highest BCUT2D eigenvalue weighted by Crippen LogP contribution is 2.43. The molecule has 0 N–H and O–H groups in total. The summed E-state index contributed by atoms with van der Waals surface area (Å²) in [4.78, 5) is 30.0. The second kappa shape index (κ2) is 7.91. The molecule has 1 fully saturated rings. The number of ether oxygens (including phenoxy) is 2. The topological polar surface area (TPSA) is 60.2 Å². The standard InChI is InChI=1S/C19H22F2N2O4/c1-18(2,3)27-17(25)23(19(8-9-19)12-22-4)11-15(24)13-6-5-7-14(10-13)26-16(20)21/h5-7,10,16H,8-9,11-12H2,1-3H3. The van der Waals surface area contributed by atoms with Gasteiger partial charge in [0.25, 0.3) is 0 Å². The molecule has 8 heteroatoms. The van der Waals surface area contributed by atoms with Gasteiger partial charge in [-0.05, 0) is 45.7 Å². The molecule has 1 aromatic rings. The Morgan fingerprint density at radius 2 is 2.00 bits per heavy atom. The number of rotatable bonds is 7. The fourth-order valence-electron chi connectivity index (χ4n) is 2.63. The lowest BCUT2D eigenvalue weighted by Crippen LogP contribution is -2.48. The van der Waals surface area contributed by atoms with E-state index in [0.29, 0.717) is 12.8 Å². The molecule has 2 rings (SSSR count). The summed E-state index contributed by atoms with van der Waals surface area (Å²) in [6.07, 6.45) is 0.546. The van der Waals surface area contributed by atoms with E-state index < -0.39 is 29.6 Å². The van der Waals surface area contributed by atoms with E-state index in [0.717, 1.165) is 0 Å². The first-order valence-corrected chi connectivity index (χ1v) is 8.48. The predicted octanol–water partition coefficient (Wildman–Crippen LogP) is 4.16. The van der Waals surface area contributed by atoms with Crippen LogP contribution in [0.25, 0.3) is 4.85 Å². The Hall–Kier alpha value is -2.69. The third-order valence-electron chi connectivity index (χ3n) is 4.07. The van der Waals surface area contributed by atoms with Crippen molar-refractivity contribution in [2.75, 3.05) is 13.1 Å². The first-order chi connectivity index (χ1) is 12.6. The van der Waals surface area contributed by atoms with E-state index in [1.165, 1.54) is 29.2 Å². The molecule has 1 amide bonds. The Kier molecular flexibility index (Phi) is 6.04. The van der Waals surface area contributed by atoms with E-state index in [1.54, 1.807) is 20.8 Å². The number of alkyl halides is 2. The molecule has 1 aliphatic carbocycles. The third kappa shape index (κ3) is 5.64. The van der Waals surface area contributed by atoms with Crippen molar-refractivity contribution in [1.82, 2.24) is 4.90 Å². The summed E-state index contributed by atoms with van der Waals surface area (Å²) >= 11 is 0. The van der Waals surface area contributed by atoms with Gasteiger partial charge in [0.1, 0.15) is 16.9 Å². The number of carbonyl (C=O) groups excluding carboxylic acids is 2. The van der Waals surface area contributed by atoms with E-state index in [9.17, 15) is 18.4 Å². The normalized spacial score (nSPS) is 15.0. The van der Waals surface area contributed by atoms with Crippen molar-refractivity contribution >= 4 is 11.9 Å². The zero-order valence-electron chi connectivity index (χ0n) is 15.5. The van der Waals surface area contributed by atoms with Crippen LogP contribution in [0.15, 0.2) is 24.3 Å². The minimum atomic E-state index is -3.00. The Bertz CT molecular complexity index is 749. The van der Waals surface area contributed by atoms with Gasteiger partial charge in [0, 0.05) is 5.56 Å². The van der Waals surface area contributed by atoms with Gasteiger partial charge < -0.3 is 14.3 Å². The lowest BCUT2D eigenvalue weighted by Gasteiger charge is -2.31. The van der Waals surface area contributed by atoms with Gasteiger partial charge in [-0.2, -0.15) is 8.78 Å². The van der Waals surface area contributed by atoms with Gasteiger partial charge in [0.15, 0.2) is 5.78 Å². The van der Waals surface area contributed by atoms with Crippen LogP contribution >= 0.6 is 0 Å². The predicted molar refractivity (Wildman–Crippen MR) is 93.8 cm³/mol. The molecule has 146 valence electrons. The minimum absolute atomic E-state index is 0.0774. The van der Waals surface area contributed by atoms with Crippen molar-refractivity contribution in [3.8, 4) is 5.75 Å². The monoisotopic (exact) mass is 380 g/mol. The fourth-order valence-corrected chi connectivity index (χ4v) is 2.63. The number of nitrogens with zero attached hydrogens (tertiary/aromatic N) is 2. The van der Waals surface area contributed by atoms with Crippen molar-refractivity contribution in [2.24, 2.45) is 0 Å². The van der Waals surface area contributed by atoms with Gasteiger partial charge in [-0.25, -0.2) is 11.4 Å². The second-order valence-electron chi connectivity index (χ2n) is 7.44. The van der Waals surface area contributed by atoms with Crippen molar-refractivity contribution in [2.45, 2.75) is 51.4 Å². The summed E-state index contributed by atoms with van der Waals surface area (Å²) < 4.78 is 34.4. The Morgan fingerprint density at radius 1 is 1.33 bits per heavy atom. The van der Waals surface area contributed by atoms with Crippen LogP contribution in [0, 0.1) is 6.57 Å². The largest absolute Gasteiger partial charge is 0.444 e. The molecule has 1 saturated carbocycles. The molecular formula is C19H22F2N2O4. The molecule has 0 radical (unpaired) electrons. The summed E-state index contributed by atoms with van der Waals surface area (Å²) in [5, 5.41) is 0. The molecule has 0 bridgehead atoms. The van der Waals surface area contributed by atoms with E-state index in [2.05, 4.69) is 9.58 Å². The molecular weight excluding hydrogens is 358 g/mol. The maximum absolute atomic E-state index is 12.7. The second-order valence-corrected chi connectivity index (χ2v) is 7.44. The van der Waals surface area contributed by atoms with Crippen molar-refractivity contribution in [1.29, 1.82) is 0 Å². The molecule has 0 aliphatic heterocycles. The summed E-state index contributed by atoms with van der Waals surface area (Å²) in [7, 11) is 0. The number of Topliss-reactive ketones (excluding diaryl/α,β-unsaturated/α-hetero) is 1. The number of ketones is 1. The number of hydrogen-bond donors (Lipinski definition) is 0. The molecule has 1 aromatic carbocycles. The van der Waals surface area contributed by atoms with E-state index in [-0.39, 0.29) is 24.4 Å². The highest BCUT2D eigenvalue weighted by Gasteiger charge is 2.55. The first-order valence-electron chi connectivity index (χ1n) is 8.48. The van der Waals surface area contributed by atoms with Crippen molar-refractivity contribution in [3.63, 3.8) is 0 Å². The average molecular weight is 380 g/mol. The van der Waals surface area contributed by atoms with E-state index >= 15 is 0 Å². The average Bonchev–Trinajstić information content (AvgIpc) is 3.31. The van der Waals surface area contributed by atoms with Crippen LogP contribution in [-0.4, -0.2) is 47.6 Å². The molecule has 6 nitrogen and oxygen atoms in total.